The highest BCUT2D eigenvalue weighted by Crippen LogP contribution is 2.28. The van der Waals surface area contributed by atoms with Gasteiger partial charge in [0.05, 0.1) is 10.6 Å². The summed E-state index contributed by atoms with van der Waals surface area (Å²) in [4.78, 5) is 13.7. The molecule has 2 N–H and O–H groups in total. The van der Waals surface area contributed by atoms with Crippen LogP contribution >= 0.6 is 11.3 Å². The van der Waals surface area contributed by atoms with Gasteiger partial charge in [0.15, 0.2) is 0 Å². The first-order chi connectivity index (χ1) is 8.15. The highest BCUT2D eigenvalue weighted by molar-refractivity contribution is 7.18. The lowest BCUT2D eigenvalue weighted by Gasteiger charge is -1.92. The molecule has 0 unspecified atom stereocenters. The van der Waals surface area contributed by atoms with Crippen LogP contribution in [-0.2, 0) is 0 Å². The largest absolute Gasteiger partial charge is 0.399 e. The topological polar surface area (TPSA) is 107 Å². The molecule has 0 saturated heterocycles. The van der Waals surface area contributed by atoms with Gasteiger partial charge in [0.1, 0.15) is 6.20 Å². The van der Waals surface area contributed by atoms with Gasteiger partial charge in [-0.1, -0.05) is 0 Å². The van der Waals surface area contributed by atoms with Crippen molar-refractivity contribution in [2.45, 2.75) is 0 Å². The van der Waals surface area contributed by atoms with Crippen LogP contribution in [0.5, 0.6) is 0 Å². The van der Waals surface area contributed by atoms with Gasteiger partial charge in [-0.05, 0) is 35.6 Å². The molecule has 1 aromatic heterocycles. The number of nitrogen functional groups attached to an aromatic ring is 1. The van der Waals surface area contributed by atoms with Crippen LogP contribution in [0, 0.1) is 10.1 Å². The van der Waals surface area contributed by atoms with E-state index < -0.39 is 4.92 Å². The van der Waals surface area contributed by atoms with E-state index in [4.69, 9.17) is 5.73 Å². The zero-order valence-corrected chi connectivity index (χ0v) is 9.29. The van der Waals surface area contributed by atoms with E-state index in [0.717, 1.165) is 17.5 Å². The van der Waals surface area contributed by atoms with Crippen molar-refractivity contribution >= 4 is 32.8 Å². The molecule has 0 spiro atoms. The summed E-state index contributed by atoms with van der Waals surface area (Å²) in [5.74, 6) is 0. The number of hydrogen-bond donors (Lipinski definition) is 1. The molecule has 86 valence electrons. The molecule has 2 rings (SSSR count). The summed E-state index contributed by atoms with van der Waals surface area (Å²) < 4.78 is 0. The quantitative estimate of drug-likeness (QED) is 0.390. The minimum Gasteiger partial charge on any atom is -0.399 e. The number of nitrogens with zero attached hydrogens (tertiary/aromatic N) is 4. The third kappa shape index (κ3) is 2.82. The van der Waals surface area contributed by atoms with E-state index in [1.807, 2.05) is 0 Å². The van der Waals surface area contributed by atoms with Crippen LogP contribution in [0.1, 0.15) is 0 Å². The summed E-state index contributed by atoms with van der Waals surface area (Å²) in [6.45, 7) is 0. The molecule has 0 bridgehead atoms. The molecular formula is C9H7N5O2S. The van der Waals surface area contributed by atoms with Crippen molar-refractivity contribution in [3.05, 3.63) is 40.6 Å². The predicted molar refractivity (Wildman–Crippen MR) is 63.8 cm³/mol. The summed E-state index contributed by atoms with van der Waals surface area (Å²) in [6, 6.07) is 6.78. The second kappa shape index (κ2) is 4.66. The van der Waals surface area contributed by atoms with Crippen molar-refractivity contribution < 1.29 is 4.92 Å². The fourth-order valence-corrected chi connectivity index (χ4v) is 1.58. The highest BCUT2D eigenvalue weighted by Gasteiger charge is 2.10. The van der Waals surface area contributed by atoms with E-state index in [1.165, 1.54) is 0 Å². The Bertz CT molecular complexity index is 563. The Morgan fingerprint density at radius 2 is 2.00 bits per heavy atom. The molecule has 1 heterocycles. The number of thiazole rings is 1. The molecule has 0 atom stereocenters. The average Bonchev–Trinajstić information content (AvgIpc) is 2.77. The highest BCUT2D eigenvalue weighted by atomic mass is 32.1. The predicted octanol–water partition coefficient (Wildman–Crippen LogP) is 3.05. The molecule has 0 amide bonds. The molecule has 8 heteroatoms. The number of aromatic nitrogens is 1. The van der Waals surface area contributed by atoms with E-state index in [0.29, 0.717) is 11.4 Å². The van der Waals surface area contributed by atoms with Crippen LogP contribution in [0.2, 0.25) is 0 Å². The van der Waals surface area contributed by atoms with Crippen molar-refractivity contribution in [2.75, 3.05) is 5.73 Å². The van der Waals surface area contributed by atoms with Gasteiger partial charge in [0.25, 0.3) is 0 Å². The number of rotatable bonds is 3. The molecule has 0 aliphatic heterocycles. The minimum atomic E-state index is -0.514. The lowest BCUT2D eigenvalue weighted by atomic mass is 10.3. The standard InChI is InChI=1S/C9H7N5O2S/c10-6-1-3-7(4-2-6)12-13-9-11-5-8(17-9)14(15)16/h1-5H,10H2. The summed E-state index contributed by atoms with van der Waals surface area (Å²) in [6.07, 6.45) is 1.15. The first-order valence-electron chi connectivity index (χ1n) is 4.52. The first kappa shape index (κ1) is 11.1. The molecular weight excluding hydrogens is 242 g/mol. The average molecular weight is 249 g/mol. The Morgan fingerprint density at radius 3 is 2.59 bits per heavy atom. The lowest BCUT2D eigenvalue weighted by molar-refractivity contribution is -0.380. The smallest absolute Gasteiger partial charge is 0.345 e. The van der Waals surface area contributed by atoms with Crippen LogP contribution in [-0.4, -0.2) is 9.91 Å². The van der Waals surface area contributed by atoms with Crippen LogP contribution < -0.4 is 5.73 Å². The van der Waals surface area contributed by atoms with Crippen molar-refractivity contribution in [3.8, 4) is 0 Å². The second-order valence-electron chi connectivity index (χ2n) is 3.03. The molecule has 0 aliphatic carbocycles. The van der Waals surface area contributed by atoms with Gasteiger partial charge >= 0.3 is 5.00 Å². The maximum absolute atomic E-state index is 10.4. The Hall–Kier alpha value is -2.35. The van der Waals surface area contributed by atoms with Crippen LogP contribution in [0.4, 0.5) is 21.5 Å². The summed E-state index contributed by atoms with van der Waals surface area (Å²) in [5.41, 5.74) is 6.75. The van der Waals surface area contributed by atoms with Gasteiger partial charge in [-0.2, -0.15) is 0 Å². The van der Waals surface area contributed by atoms with Gasteiger partial charge in [0, 0.05) is 5.69 Å². The van der Waals surface area contributed by atoms with Gasteiger partial charge in [0.2, 0.25) is 5.13 Å². The Balaban J connectivity index is 2.14. The van der Waals surface area contributed by atoms with Gasteiger partial charge < -0.3 is 5.73 Å². The Morgan fingerprint density at radius 1 is 1.29 bits per heavy atom. The second-order valence-corrected chi connectivity index (χ2v) is 4.02. The summed E-state index contributed by atoms with van der Waals surface area (Å²) >= 11 is 0.868. The molecule has 0 radical (unpaired) electrons. The molecule has 2 aromatic rings. The van der Waals surface area contributed by atoms with E-state index >= 15 is 0 Å². The van der Waals surface area contributed by atoms with Gasteiger partial charge in [-0.25, -0.2) is 4.98 Å². The van der Waals surface area contributed by atoms with E-state index in [-0.39, 0.29) is 10.1 Å². The van der Waals surface area contributed by atoms with Crippen molar-refractivity contribution in [3.63, 3.8) is 0 Å². The van der Waals surface area contributed by atoms with Crippen molar-refractivity contribution in [1.82, 2.24) is 4.98 Å². The Labute approximate surface area is 99.8 Å². The lowest BCUT2D eigenvalue weighted by Crippen LogP contribution is -1.80. The monoisotopic (exact) mass is 249 g/mol. The molecule has 0 aliphatic rings. The summed E-state index contributed by atoms with van der Waals surface area (Å²) in [7, 11) is 0. The third-order valence-electron chi connectivity index (χ3n) is 1.81. The first-order valence-corrected chi connectivity index (χ1v) is 5.34. The van der Waals surface area contributed by atoms with E-state index in [2.05, 4.69) is 15.2 Å². The van der Waals surface area contributed by atoms with Crippen molar-refractivity contribution in [1.29, 1.82) is 0 Å². The summed E-state index contributed by atoms with van der Waals surface area (Å²) in [5, 5.41) is 18.3. The zero-order valence-electron chi connectivity index (χ0n) is 8.48. The molecule has 1 aromatic carbocycles. The maximum Gasteiger partial charge on any atom is 0.345 e. The van der Waals surface area contributed by atoms with E-state index in [1.54, 1.807) is 24.3 Å². The maximum atomic E-state index is 10.4. The van der Waals surface area contributed by atoms with E-state index in [9.17, 15) is 10.1 Å². The van der Waals surface area contributed by atoms with Crippen LogP contribution in [0.3, 0.4) is 0 Å². The molecule has 17 heavy (non-hydrogen) atoms. The number of benzene rings is 1. The number of nitrogens with two attached hydrogens (primary N) is 1. The zero-order chi connectivity index (χ0) is 12.3. The number of anilines is 1. The third-order valence-corrected chi connectivity index (χ3v) is 2.64. The molecule has 7 nitrogen and oxygen atoms in total. The van der Waals surface area contributed by atoms with Gasteiger partial charge in [-0.3, -0.25) is 10.1 Å². The number of azo groups is 1. The number of nitro groups is 1. The minimum absolute atomic E-state index is 0.0590. The van der Waals surface area contributed by atoms with Crippen molar-refractivity contribution in [2.24, 2.45) is 10.2 Å². The SMILES string of the molecule is Nc1ccc(N=Nc2ncc([N+](=O)[O-])s2)cc1. The normalized spacial score (nSPS) is 10.8. The Kier molecular flexibility index (Phi) is 3.06. The van der Waals surface area contributed by atoms with Crippen LogP contribution in [0.25, 0.3) is 0 Å². The number of hydrogen-bond acceptors (Lipinski definition) is 7. The fraction of sp³-hybridized carbons (Fsp3) is 0. The fourth-order valence-electron chi connectivity index (χ4n) is 1.03. The molecule has 0 saturated carbocycles. The molecule has 0 fully saturated rings. The van der Waals surface area contributed by atoms with Gasteiger partial charge in [-0.15, -0.1) is 10.2 Å². The van der Waals surface area contributed by atoms with Crippen LogP contribution in [0.15, 0.2) is 40.7 Å².